The first-order valence-electron chi connectivity index (χ1n) is 9.07. The first-order chi connectivity index (χ1) is 12.6. The third kappa shape index (κ3) is 6.48. The van der Waals surface area contributed by atoms with Crippen molar-refractivity contribution in [3.8, 4) is 5.82 Å². The van der Waals surface area contributed by atoms with E-state index in [1.807, 2.05) is 30.0 Å². The van der Waals surface area contributed by atoms with E-state index in [0.29, 0.717) is 12.5 Å². The second-order valence-corrected chi connectivity index (χ2v) is 6.54. The van der Waals surface area contributed by atoms with Gasteiger partial charge in [-0.15, -0.1) is 0 Å². The van der Waals surface area contributed by atoms with Gasteiger partial charge >= 0.3 is 0 Å². The van der Waals surface area contributed by atoms with Crippen LogP contribution in [0.2, 0.25) is 0 Å². The first-order valence-corrected chi connectivity index (χ1v) is 9.07. The smallest absolute Gasteiger partial charge is 0.191 e. The summed E-state index contributed by atoms with van der Waals surface area (Å²) in [4.78, 5) is 13.0. The lowest BCUT2D eigenvalue weighted by Gasteiger charge is -2.12. The second-order valence-electron chi connectivity index (χ2n) is 6.54. The average Bonchev–Trinajstić information content (AvgIpc) is 3.06. The summed E-state index contributed by atoms with van der Waals surface area (Å²) >= 11 is 0. The molecule has 0 saturated carbocycles. The lowest BCUT2D eigenvalue weighted by atomic mass is 10.2. The average molecular weight is 358 g/mol. The maximum absolute atomic E-state index is 5.58. The summed E-state index contributed by atoms with van der Waals surface area (Å²) < 4.78 is 7.53. The highest BCUT2D eigenvalue weighted by molar-refractivity contribution is 5.79. The maximum Gasteiger partial charge on any atom is 0.191 e. The number of rotatable bonds is 9. The summed E-state index contributed by atoms with van der Waals surface area (Å²) in [5.41, 5.74) is 1.09. The number of aryl methyl sites for hydroxylation is 1. The van der Waals surface area contributed by atoms with Crippen LogP contribution in [0.4, 0.5) is 0 Å². The molecule has 2 N–H and O–H groups in total. The maximum atomic E-state index is 5.58. The van der Waals surface area contributed by atoms with Gasteiger partial charge in [0.1, 0.15) is 11.6 Å². The molecule has 2 rings (SSSR count). The van der Waals surface area contributed by atoms with E-state index in [9.17, 15) is 0 Å². The van der Waals surface area contributed by atoms with Crippen molar-refractivity contribution in [3.63, 3.8) is 0 Å². The second kappa shape index (κ2) is 10.6. The van der Waals surface area contributed by atoms with Gasteiger partial charge in [0, 0.05) is 51.9 Å². The van der Waals surface area contributed by atoms with E-state index in [0.717, 1.165) is 49.3 Å². The number of nitrogens with zero attached hydrogens (tertiary/aromatic N) is 4. The van der Waals surface area contributed by atoms with Crippen LogP contribution in [0.15, 0.2) is 35.7 Å². The molecule has 2 aromatic rings. The van der Waals surface area contributed by atoms with Crippen LogP contribution < -0.4 is 10.6 Å². The first kappa shape index (κ1) is 19.9. The molecular weight excluding hydrogens is 328 g/mol. The number of hydrogen-bond donors (Lipinski definition) is 2. The summed E-state index contributed by atoms with van der Waals surface area (Å²) in [5.74, 6) is 3.15. The Balaban J connectivity index is 1.72. The Morgan fingerprint density at radius 2 is 2.12 bits per heavy atom. The fourth-order valence-electron chi connectivity index (χ4n) is 2.39. The zero-order valence-electron chi connectivity index (χ0n) is 16.2. The molecular formula is C19H30N6O. The predicted octanol–water partition coefficient (Wildman–Crippen LogP) is 2.30. The Morgan fingerprint density at radius 3 is 2.73 bits per heavy atom. The van der Waals surface area contributed by atoms with Gasteiger partial charge in [0.2, 0.25) is 0 Å². The Labute approximate surface area is 155 Å². The van der Waals surface area contributed by atoms with Crippen molar-refractivity contribution in [2.75, 3.05) is 26.8 Å². The molecule has 26 heavy (non-hydrogen) atoms. The Hall–Kier alpha value is -2.41. The number of imidazole rings is 1. The van der Waals surface area contributed by atoms with Gasteiger partial charge in [0.25, 0.3) is 0 Å². The number of aromatic nitrogens is 3. The molecule has 0 spiro atoms. The van der Waals surface area contributed by atoms with Gasteiger partial charge in [-0.1, -0.05) is 19.9 Å². The van der Waals surface area contributed by atoms with E-state index in [1.165, 1.54) is 0 Å². The molecule has 142 valence electrons. The van der Waals surface area contributed by atoms with Crippen LogP contribution in [-0.2, 0) is 11.3 Å². The molecule has 0 aliphatic heterocycles. The fraction of sp³-hybridized carbons (Fsp3) is 0.526. The van der Waals surface area contributed by atoms with E-state index in [4.69, 9.17) is 4.74 Å². The van der Waals surface area contributed by atoms with Crippen molar-refractivity contribution < 1.29 is 4.74 Å². The molecule has 7 nitrogen and oxygen atoms in total. The molecule has 0 saturated heterocycles. The number of aliphatic imine (C=N–C) groups is 1. The van der Waals surface area contributed by atoms with E-state index in [1.54, 1.807) is 13.2 Å². The monoisotopic (exact) mass is 358 g/mol. The molecule has 0 amide bonds. The van der Waals surface area contributed by atoms with Crippen LogP contribution in [0.1, 0.15) is 31.7 Å². The molecule has 2 heterocycles. The van der Waals surface area contributed by atoms with Gasteiger partial charge in [-0.05, 0) is 30.9 Å². The number of nitrogens with one attached hydrogen (secondary N) is 2. The lowest BCUT2D eigenvalue weighted by Crippen LogP contribution is -2.37. The zero-order chi connectivity index (χ0) is 18.8. The standard InChI is InChI=1S/C19H30N6O/c1-15(2)14-26-11-5-8-22-19(20-4)24-13-17-6-7-18(23-12-17)25-10-9-21-16(25)3/h6-7,9-10,12,15H,5,8,11,13-14H2,1-4H3,(H2,20,22,24). The van der Waals surface area contributed by atoms with Crippen LogP contribution in [0.3, 0.4) is 0 Å². The van der Waals surface area contributed by atoms with Crippen molar-refractivity contribution in [1.82, 2.24) is 25.2 Å². The van der Waals surface area contributed by atoms with Crippen molar-refractivity contribution in [1.29, 1.82) is 0 Å². The lowest BCUT2D eigenvalue weighted by molar-refractivity contribution is 0.108. The van der Waals surface area contributed by atoms with Crippen LogP contribution in [0.5, 0.6) is 0 Å². The van der Waals surface area contributed by atoms with E-state index < -0.39 is 0 Å². The largest absolute Gasteiger partial charge is 0.381 e. The summed E-state index contributed by atoms with van der Waals surface area (Å²) in [6, 6.07) is 4.05. The van der Waals surface area contributed by atoms with Gasteiger partial charge in [0.15, 0.2) is 5.96 Å². The van der Waals surface area contributed by atoms with Crippen LogP contribution in [0, 0.1) is 12.8 Å². The predicted molar refractivity (Wildman–Crippen MR) is 105 cm³/mol. The van der Waals surface area contributed by atoms with Crippen molar-refractivity contribution >= 4 is 5.96 Å². The Bertz CT molecular complexity index is 678. The minimum absolute atomic E-state index is 0.579. The van der Waals surface area contributed by atoms with E-state index in [2.05, 4.69) is 45.5 Å². The van der Waals surface area contributed by atoms with E-state index >= 15 is 0 Å². The number of ether oxygens (including phenoxy) is 1. The summed E-state index contributed by atoms with van der Waals surface area (Å²) in [6.45, 7) is 9.34. The summed E-state index contributed by atoms with van der Waals surface area (Å²) in [6.07, 6.45) is 6.50. The van der Waals surface area contributed by atoms with Crippen LogP contribution in [-0.4, -0.2) is 47.3 Å². The SMILES string of the molecule is CN=C(NCCCOCC(C)C)NCc1ccc(-n2ccnc2C)nc1. The van der Waals surface area contributed by atoms with Crippen molar-refractivity contribution in [2.45, 2.75) is 33.7 Å². The fourth-order valence-corrected chi connectivity index (χ4v) is 2.39. The van der Waals surface area contributed by atoms with Gasteiger partial charge in [0.05, 0.1) is 0 Å². The van der Waals surface area contributed by atoms with E-state index in [-0.39, 0.29) is 0 Å². The molecule has 2 aromatic heterocycles. The number of hydrogen-bond acceptors (Lipinski definition) is 4. The van der Waals surface area contributed by atoms with Crippen LogP contribution >= 0.6 is 0 Å². The molecule has 0 aliphatic rings. The van der Waals surface area contributed by atoms with Crippen molar-refractivity contribution in [2.24, 2.45) is 10.9 Å². The summed E-state index contributed by atoms with van der Waals surface area (Å²) in [7, 11) is 1.77. The quantitative estimate of drug-likeness (QED) is 0.409. The zero-order valence-corrected chi connectivity index (χ0v) is 16.2. The normalized spacial score (nSPS) is 11.8. The minimum atomic E-state index is 0.579. The molecule has 0 aliphatic carbocycles. The Morgan fingerprint density at radius 1 is 1.27 bits per heavy atom. The Kier molecular flexibility index (Phi) is 8.08. The minimum Gasteiger partial charge on any atom is -0.381 e. The number of guanidine groups is 1. The summed E-state index contributed by atoms with van der Waals surface area (Å²) in [5, 5.41) is 6.59. The van der Waals surface area contributed by atoms with Gasteiger partial charge < -0.3 is 15.4 Å². The molecule has 0 atom stereocenters. The number of pyridine rings is 1. The highest BCUT2D eigenvalue weighted by Gasteiger charge is 2.03. The molecule has 7 heteroatoms. The molecule has 0 fully saturated rings. The highest BCUT2D eigenvalue weighted by Crippen LogP contribution is 2.08. The molecule has 0 aromatic carbocycles. The van der Waals surface area contributed by atoms with Gasteiger partial charge in [-0.3, -0.25) is 9.56 Å². The topological polar surface area (TPSA) is 76.4 Å². The molecule has 0 radical (unpaired) electrons. The molecule has 0 bridgehead atoms. The third-order valence-electron chi connectivity index (χ3n) is 3.77. The third-order valence-corrected chi connectivity index (χ3v) is 3.77. The van der Waals surface area contributed by atoms with Gasteiger partial charge in [-0.25, -0.2) is 9.97 Å². The molecule has 0 unspecified atom stereocenters. The van der Waals surface area contributed by atoms with Crippen molar-refractivity contribution in [3.05, 3.63) is 42.1 Å². The highest BCUT2D eigenvalue weighted by atomic mass is 16.5. The van der Waals surface area contributed by atoms with Gasteiger partial charge in [-0.2, -0.15) is 0 Å². The van der Waals surface area contributed by atoms with Crippen LogP contribution in [0.25, 0.3) is 5.82 Å².